The summed E-state index contributed by atoms with van der Waals surface area (Å²) in [4.78, 5) is 23.5. The number of carbonyl (C=O) groups is 2. The zero-order valence-electron chi connectivity index (χ0n) is 12.8. The van der Waals surface area contributed by atoms with Crippen LogP contribution in [-0.2, 0) is 4.74 Å². The Hall–Kier alpha value is -1.79. The van der Waals surface area contributed by atoms with Crippen molar-refractivity contribution in [2.24, 2.45) is 0 Å². The van der Waals surface area contributed by atoms with E-state index in [4.69, 9.17) is 16.3 Å². The summed E-state index contributed by atoms with van der Waals surface area (Å²) in [5, 5.41) is 8.56. The fourth-order valence-electron chi connectivity index (χ4n) is 1.79. The molecule has 1 rings (SSSR count). The molecule has 0 spiro atoms. The minimum atomic E-state index is -0.282. The van der Waals surface area contributed by atoms with E-state index in [9.17, 15) is 9.59 Å². The Bertz CT molecular complexity index is 497. The molecule has 0 radical (unpaired) electrons. The highest BCUT2D eigenvalue weighted by Gasteiger charge is 2.10. The molecule has 22 heavy (non-hydrogen) atoms. The van der Waals surface area contributed by atoms with Gasteiger partial charge in [-0.3, -0.25) is 4.79 Å². The molecule has 0 bridgehead atoms. The monoisotopic (exact) mass is 327 g/mol. The minimum absolute atomic E-state index is 0.0253. The fraction of sp³-hybridized carbons (Fsp3) is 0.467. The predicted molar refractivity (Wildman–Crippen MR) is 86.3 cm³/mol. The number of benzene rings is 1. The molecule has 0 saturated carbocycles. The first kappa shape index (κ1) is 18.3. The van der Waals surface area contributed by atoms with Gasteiger partial charge in [-0.2, -0.15) is 0 Å². The number of rotatable bonds is 8. The van der Waals surface area contributed by atoms with Gasteiger partial charge in [-0.05, 0) is 18.6 Å². The predicted octanol–water partition coefficient (Wildman–Crippen LogP) is 1.79. The number of halogens is 1. The lowest BCUT2D eigenvalue weighted by Crippen LogP contribution is -2.45. The molecule has 0 aliphatic heterocycles. The van der Waals surface area contributed by atoms with Crippen molar-refractivity contribution in [2.45, 2.75) is 19.4 Å². The third-order valence-corrected chi connectivity index (χ3v) is 3.34. The summed E-state index contributed by atoms with van der Waals surface area (Å²) in [6.07, 6.45) is 0.782. The topological polar surface area (TPSA) is 79.5 Å². The Labute approximate surface area is 135 Å². The SMILES string of the molecule is CC[C@H](COC)NC(=O)NCCNC(=O)c1ccccc1Cl. The number of hydrogen-bond donors (Lipinski definition) is 3. The van der Waals surface area contributed by atoms with Crippen LogP contribution in [-0.4, -0.2) is 44.8 Å². The molecule has 1 atom stereocenters. The van der Waals surface area contributed by atoms with Crippen molar-refractivity contribution in [3.8, 4) is 0 Å². The molecule has 3 amide bonds. The van der Waals surface area contributed by atoms with Crippen molar-refractivity contribution >= 4 is 23.5 Å². The van der Waals surface area contributed by atoms with Gasteiger partial charge >= 0.3 is 6.03 Å². The van der Waals surface area contributed by atoms with E-state index in [1.807, 2.05) is 6.92 Å². The smallest absolute Gasteiger partial charge is 0.315 e. The van der Waals surface area contributed by atoms with Gasteiger partial charge in [-0.1, -0.05) is 30.7 Å². The Kier molecular flexibility index (Phi) is 8.32. The van der Waals surface area contributed by atoms with E-state index in [1.54, 1.807) is 31.4 Å². The highest BCUT2D eigenvalue weighted by atomic mass is 35.5. The fourth-order valence-corrected chi connectivity index (χ4v) is 2.01. The van der Waals surface area contributed by atoms with Gasteiger partial charge in [0, 0.05) is 20.2 Å². The number of carbonyl (C=O) groups excluding carboxylic acids is 2. The van der Waals surface area contributed by atoms with Crippen molar-refractivity contribution in [2.75, 3.05) is 26.8 Å². The summed E-state index contributed by atoms with van der Waals surface area (Å²) >= 11 is 5.93. The molecule has 0 unspecified atom stereocenters. The summed E-state index contributed by atoms with van der Waals surface area (Å²) in [6.45, 7) is 3.07. The van der Waals surface area contributed by atoms with E-state index >= 15 is 0 Å². The van der Waals surface area contributed by atoms with Gasteiger partial charge in [0.15, 0.2) is 0 Å². The van der Waals surface area contributed by atoms with Crippen LogP contribution in [0.4, 0.5) is 4.79 Å². The Morgan fingerprint density at radius 2 is 1.91 bits per heavy atom. The standard InChI is InChI=1S/C15H22ClN3O3/c1-3-11(10-22-2)19-15(21)18-9-8-17-14(20)12-6-4-5-7-13(12)16/h4-7,11H,3,8-10H2,1-2H3,(H,17,20)(H2,18,19,21)/t11-/m1/s1. The second kappa shape index (κ2) is 10.0. The Morgan fingerprint density at radius 3 is 2.55 bits per heavy atom. The van der Waals surface area contributed by atoms with Crippen LogP contribution in [0.25, 0.3) is 0 Å². The van der Waals surface area contributed by atoms with E-state index in [0.717, 1.165) is 6.42 Å². The normalized spacial score (nSPS) is 11.6. The van der Waals surface area contributed by atoms with Gasteiger partial charge in [0.05, 0.1) is 23.2 Å². The molecule has 0 heterocycles. The quantitative estimate of drug-likeness (QED) is 0.637. The van der Waals surface area contributed by atoms with E-state index in [0.29, 0.717) is 30.3 Å². The summed E-state index contributed by atoms with van der Waals surface area (Å²) in [7, 11) is 1.59. The number of hydrogen-bond acceptors (Lipinski definition) is 3. The molecule has 0 aliphatic carbocycles. The lowest BCUT2D eigenvalue weighted by molar-refractivity contribution is 0.0954. The summed E-state index contributed by atoms with van der Waals surface area (Å²) in [5.74, 6) is -0.265. The highest BCUT2D eigenvalue weighted by molar-refractivity contribution is 6.33. The molecule has 1 aromatic rings. The number of urea groups is 1. The van der Waals surface area contributed by atoms with Crippen LogP contribution in [0.3, 0.4) is 0 Å². The van der Waals surface area contributed by atoms with E-state index in [2.05, 4.69) is 16.0 Å². The van der Waals surface area contributed by atoms with Gasteiger partial charge < -0.3 is 20.7 Å². The summed E-state index contributed by atoms with van der Waals surface area (Å²) in [5.41, 5.74) is 0.416. The number of ether oxygens (including phenoxy) is 1. The molecule has 3 N–H and O–H groups in total. The van der Waals surface area contributed by atoms with Crippen molar-refractivity contribution in [3.63, 3.8) is 0 Å². The number of nitrogens with one attached hydrogen (secondary N) is 3. The maximum absolute atomic E-state index is 11.9. The summed E-state index contributed by atoms with van der Waals surface area (Å²) < 4.78 is 5.00. The number of amides is 3. The molecule has 1 aromatic carbocycles. The third-order valence-electron chi connectivity index (χ3n) is 3.01. The van der Waals surface area contributed by atoms with Gasteiger partial charge in [-0.25, -0.2) is 4.79 Å². The van der Waals surface area contributed by atoms with E-state index in [-0.39, 0.29) is 18.0 Å². The molecule has 7 heteroatoms. The third kappa shape index (κ3) is 6.32. The minimum Gasteiger partial charge on any atom is -0.383 e. The zero-order valence-corrected chi connectivity index (χ0v) is 13.6. The van der Waals surface area contributed by atoms with Crippen molar-refractivity contribution in [1.82, 2.24) is 16.0 Å². The van der Waals surface area contributed by atoms with E-state index < -0.39 is 0 Å². The maximum atomic E-state index is 11.9. The largest absolute Gasteiger partial charge is 0.383 e. The summed E-state index contributed by atoms with van der Waals surface area (Å²) in [6, 6.07) is 6.50. The van der Waals surface area contributed by atoms with Crippen LogP contribution >= 0.6 is 11.6 Å². The number of methoxy groups -OCH3 is 1. The Morgan fingerprint density at radius 1 is 1.23 bits per heavy atom. The Balaban J connectivity index is 2.26. The molecule has 0 aliphatic rings. The molecule has 6 nitrogen and oxygen atoms in total. The first-order chi connectivity index (χ1) is 10.6. The van der Waals surface area contributed by atoms with Crippen molar-refractivity contribution in [1.29, 1.82) is 0 Å². The molecular formula is C15H22ClN3O3. The molecule has 0 saturated heterocycles. The molecule has 122 valence electrons. The lowest BCUT2D eigenvalue weighted by atomic mass is 10.2. The average molecular weight is 328 g/mol. The second-order valence-electron chi connectivity index (χ2n) is 4.70. The first-order valence-corrected chi connectivity index (χ1v) is 7.52. The van der Waals surface area contributed by atoms with Crippen LogP contribution < -0.4 is 16.0 Å². The van der Waals surface area contributed by atoms with Crippen LogP contribution in [0.5, 0.6) is 0 Å². The average Bonchev–Trinajstić information content (AvgIpc) is 2.51. The molecule has 0 aromatic heterocycles. The van der Waals surface area contributed by atoms with Gasteiger partial charge in [-0.15, -0.1) is 0 Å². The zero-order chi connectivity index (χ0) is 16.4. The van der Waals surface area contributed by atoms with Crippen LogP contribution in [0.2, 0.25) is 5.02 Å². The van der Waals surface area contributed by atoms with Crippen LogP contribution in [0.15, 0.2) is 24.3 Å². The first-order valence-electron chi connectivity index (χ1n) is 7.14. The van der Waals surface area contributed by atoms with Crippen LogP contribution in [0.1, 0.15) is 23.7 Å². The lowest BCUT2D eigenvalue weighted by Gasteiger charge is -2.16. The maximum Gasteiger partial charge on any atom is 0.315 e. The molecular weight excluding hydrogens is 306 g/mol. The van der Waals surface area contributed by atoms with Gasteiger partial charge in [0.25, 0.3) is 5.91 Å². The van der Waals surface area contributed by atoms with Gasteiger partial charge in [0.1, 0.15) is 0 Å². The van der Waals surface area contributed by atoms with Crippen LogP contribution in [0, 0.1) is 0 Å². The highest BCUT2D eigenvalue weighted by Crippen LogP contribution is 2.14. The van der Waals surface area contributed by atoms with Crippen molar-refractivity contribution in [3.05, 3.63) is 34.9 Å². The van der Waals surface area contributed by atoms with Gasteiger partial charge in [0.2, 0.25) is 0 Å². The van der Waals surface area contributed by atoms with E-state index in [1.165, 1.54) is 0 Å². The molecule has 0 fully saturated rings. The second-order valence-corrected chi connectivity index (χ2v) is 5.10. The van der Waals surface area contributed by atoms with Crippen molar-refractivity contribution < 1.29 is 14.3 Å².